The van der Waals surface area contributed by atoms with Gasteiger partial charge in [0.2, 0.25) is 0 Å². The Morgan fingerprint density at radius 1 is 1.10 bits per heavy atom. The molecule has 0 radical (unpaired) electrons. The molecule has 1 saturated heterocycles. The molecule has 1 aromatic heterocycles. The number of hydrogen-bond acceptors (Lipinski definition) is 4. The summed E-state index contributed by atoms with van der Waals surface area (Å²) in [5, 5.41) is 0.846. The van der Waals surface area contributed by atoms with E-state index in [1.54, 1.807) is 30.5 Å². The Balaban J connectivity index is 1.33. The zero-order valence-electron chi connectivity index (χ0n) is 17.3. The second-order valence-electron chi connectivity index (χ2n) is 8.85. The number of sulfonamides is 1. The normalized spacial score (nSPS) is 26.0. The quantitative estimate of drug-likeness (QED) is 0.611. The summed E-state index contributed by atoms with van der Waals surface area (Å²) in [5.74, 6) is -0.0123. The molecule has 162 valence electrons. The summed E-state index contributed by atoms with van der Waals surface area (Å²) in [4.78, 5) is 4.35. The van der Waals surface area contributed by atoms with Crippen molar-refractivity contribution in [3.8, 4) is 0 Å². The van der Waals surface area contributed by atoms with E-state index in [2.05, 4.69) is 9.71 Å². The van der Waals surface area contributed by atoms with Gasteiger partial charge in [0, 0.05) is 22.7 Å². The second kappa shape index (κ2) is 7.57. The van der Waals surface area contributed by atoms with Crippen LogP contribution in [0.15, 0.2) is 54.7 Å². The number of ether oxygens (including phenoxy) is 1. The first-order chi connectivity index (χ1) is 14.9. The smallest absolute Gasteiger partial charge is 0.260 e. The first kappa shape index (κ1) is 20.4. The highest BCUT2D eigenvalue weighted by molar-refractivity contribution is 7.93. The minimum Gasteiger partial charge on any atom is -0.359 e. The average Bonchev–Trinajstić information content (AvgIpc) is 2.74. The van der Waals surface area contributed by atoms with Gasteiger partial charge in [0.25, 0.3) is 10.0 Å². The van der Waals surface area contributed by atoms with Crippen LogP contribution < -0.4 is 4.72 Å². The van der Waals surface area contributed by atoms with E-state index in [4.69, 9.17) is 4.74 Å². The zero-order valence-corrected chi connectivity index (χ0v) is 18.2. The maximum absolute atomic E-state index is 13.8. The van der Waals surface area contributed by atoms with Gasteiger partial charge in [-0.05, 0) is 80.5 Å². The van der Waals surface area contributed by atoms with E-state index in [0.717, 1.165) is 47.7 Å². The molecular formula is C24H25FN2O3S. The summed E-state index contributed by atoms with van der Waals surface area (Å²) in [6.07, 6.45) is 4.97. The highest BCUT2D eigenvalue weighted by Crippen LogP contribution is 2.53. The number of hydrogen-bond donors (Lipinski definition) is 1. The molecule has 2 aromatic carbocycles. The summed E-state index contributed by atoms with van der Waals surface area (Å²) in [6, 6.07) is 13.9. The SMILES string of the molecule is Cc1ccc(NS(=O)(=O)C2OCC23CCC(c2ccnc4ccc(F)cc24)CC3)cc1. The average molecular weight is 441 g/mol. The predicted molar refractivity (Wildman–Crippen MR) is 119 cm³/mol. The lowest BCUT2D eigenvalue weighted by atomic mass is 9.67. The molecule has 1 unspecified atom stereocenters. The Kier molecular flexibility index (Phi) is 4.98. The van der Waals surface area contributed by atoms with Crippen molar-refractivity contribution < 1.29 is 17.5 Å². The number of nitrogens with zero attached hydrogens (tertiary/aromatic N) is 1. The number of aromatic nitrogens is 1. The highest BCUT2D eigenvalue weighted by Gasteiger charge is 2.56. The van der Waals surface area contributed by atoms with E-state index in [1.165, 1.54) is 6.07 Å². The van der Waals surface area contributed by atoms with Gasteiger partial charge in [0.15, 0.2) is 5.44 Å². The van der Waals surface area contributed by atoms with Gasteiger partial charge in [-0.1, -0.05) is 17.7 Å². The van der Waals surface area contributed by atoms with E-state index < -0.39 is 15.5 Å². The lowest BCUT2D eigenvalue weighted by molar-refractivity contribution is -0.159. The van der Waals surface area contributed by atoms with Crippen molar-refractivity contribution in [1.82, 2.24) is 4.98 Å². The molecule has 2 fully saturated rings. The van der Waals surface area contributed by atoms with Gasteiger partial charge < -0.3 is 4.74 Å². The number of fused-ring (bicyclic) bond motifs is 1. The monoisotopic (exact) mass is 440 g/mol. The number of benzene rings is 2. The van der Waals surface area contributed by atoms with Gasteiger partial charge in [0.05, 0.1) is 12.1 Å². The fourth-order valence-electron chi connectivity index (χ4n) is 5.02. The van der Waals surface area contributed by atoms with Crippen molar-refractivity contribution in [3.05, 3.63) is 71.7 Å². The molecule has 1 atom stereocenters. The van der Waals surface area contributed by atoms with Gasteiger partial charge in [-0.2, -0.15) is 0 Å². The molecule has 1 N–H and O–H groups in total. The summed E-state index contributed by atoms with van der Waals surface area (Å²) < 4.78 is 48.2. The summed E-state index contributed by atoms with van der Waals surface area (Å²) in [6.45, 7) is 2.42. The van der Waals surface area contributed by atoms with Crippen LogP contribution in [0.25, 0.3) is 10.9 Å². The Hall–Kier alpha value is -2.51. The van der Waals surface area contributed by atoms with Gasteiger partial charge in [-0.15, -0.1) is 0 Å². The fraction of sp³-hybridized carbons (Fsp3) is 0.375. The Bertz CT molecular complexity index is 1220. The molecular weight excluding hydrogens is 415 g/mol. The second-order valence-corrected chi connectivity index (χ2v) is 10.6. The molecule has 1 spiro atoms. The molecule has 0 amide bonds. The first-order valence-corrected chi connectivity index (χ1v) is 12.2. The molecule has 2 heterocycles. The van der Waals surface area contributed by atoms with Crippen LogP contribution >= 0.6 is 0 Å². The van der Waals surface area contributed by atoms with Crippen molar-refractivity contribution in [3.63, 3.8) is 0 Å². The number of rotatable bonds is 4. The van der Waals surface area contributed by atoms with Crippen LogP contribution in [0.1, 0.15) is 42.7 Å². The lowest BCUT2D eigenvalue weighted by Gasteiger charge is -2.51. The molecule has 2 aliphatic rings. The first-order valence-electron chi connectivity index (χ1n) is 10.6. The van der Waals surface area contributed by atoms with E-state index >= 15 is 0 Å². The van der Waals surface area contributed by atoms with Crippen LogP contribution in [0.2, 0.25) is 0 Å². The van der Waals surface area contributed by atoms with E-state index in [-0.39, 0.29) is 17.2 Å². The van der Waals surface area contributed by atoms with Gasteiger partial charge in [-0.3, -0.25) is 9.71 Å². The lowest BCUT2D eigenvalue weighted by Crippen LogP contribution is -2.58. The van der Waals surface area contributed by atoms with E-state index in [1.807, 2.05) is 25.1 Å². The summed E-state index contributed by atoms with van der Waals surface area (Å²) >= 11 is 0. The minimum absolute atomic E-state index is 0.256. The van der Waals surface area contributed by atoms with Gasteiger partial charge >= 0.3 is 0 Å². The maximum Gasteiger partial charge on any atom is 0.260 e. The number of pyridine rings is 1. The predicted octanol–water partition coefficient (Wildman–Crippen LogP) is 5.12. The molecule has 5 nitrogen and oxygen atoms in total. The summed E-state index contributed by atoms with van der Waals surface area (Å²) in [7, 11) is -3.65. The maximum atomic E-state index is 13.8. The van der Waals surface area contributed by atoms with Crippen LogP contribution in [-0.2, 0) is 14.8 Å². The van der Waals surface area contributed by atoms with Crippen molar-refractivity contribution >= 4 is 26.6 Å². The molecule has 1 aliphatic heterocycles. The topological polar surface area (TPSA) is 68.3 Å². The molecule has 1 aliphatic carbocycles. The third-order valence-electron chi connectivity index (χ3n) is 6.77. The van der Waals surface area contributed by atoms with Gasteiger partial charge in [-0.25, -0.2) is 12.8 Å². The van der Waals surface area contributed by atoms with Crippen molar-refractivity contribution in [2.24, 2.45) is 5.41 Å². The van der Waals surface area contributed by atoms with E-state index in [9.17, 15) is 12.8 Å². The largest absolute Gasteiger partial charge is 0.359 e. The van der Waals surface area contributed by atoms with Crippen LogP contribution in [-0.4, -0.2) is 25.4 Å². The minimum atomic E-state index is -3.65. The number of halogens is 1. The van der Waals surface area contributed by atoms with Crippen LogP contribution in [0.5, 0.6) is 0 Å². The Morgan fingerprint density at radius 2 is 1.84 bits per heavy atom. The van der Waals surface area contributed by atoms with Crippen LogP contribution in [0, 0.1) is 18.2 Å². The number of aryl methyl sites for hydroxylation is 1. The zero-order chi connectivity index (χ0) is 21.6. The summed E-state index contributed by atoms with van der Waals surface area (Å²) in [5.41, 5.74) is 2.30. The molecule has 5 rings (SSSR count). The molecule has 31 heavy (non-hydrogen) atoms. The molecule has 3 aromatic rings. The molecule has 0 bridgehead atoms. The third kappa shape index (κ3) is 3.70. The molecule has 7 heteroatoms. The number of nitrogens with one attached hydrogen (secondary N) is 1. The van der Waals surface area contributed by atoms with E-state index in [0.29, 0.717) is 12.3 Å². The molecule has 1 saturated carbocycles. The van der Waals surface area contributed by atoms with Crippen LogP contribution in [0.4, 0.5) is 10.1 Å². The van der Waals surface area contributed by atoms with Crippen molar-refractivity contribution in [1.29, 1.82) is 0 Å². The number of anilines is 1. The third-order valence-corrected chi connectivity index (χ3v) is 8.49. The highest BCUT2D eigenvalue weighted by atomic mass is 32.2. The van der Waals surface area contributed by atoms with Gasteiger partial charge in [0.1, 0.15) is 5.82 Å². The fourth-order valence-corrected chi connectivity index (χ4v) is 6.81. The standard InChI is InChI=1S/C24H25FN2O3S/c1-16-2-5-19(6-3-16)27-31(28,29)23-24(15-30-23)11-8-17(9-12-24)20-10-13-26-22-7-4-18(25)14-21(20)22/h2-7,10,13-14,17,23,27H,8-9,11-12,15H2,1H3. The van der Waals surface area contributed by atoms with Crippen molar-refractivity contribution in [2.75, 3.05) is 11.3 Å². The Morgan fingerprint density at radius 3 is 2.52 bits per heavy atom. The van der Waals surface area contributed by atoms with Crippen LogP contribution in [0.3, 0.4) is 0 Å². The Labute approximate surface area is 181 Å². The van der Waals surface area contributed by atoms with Crippen molar-refractivity contribution in [2.45, 2.75) is 44.0 Å².